The van der Waals surface area contributed by atoms with Crippen LogP contribution in [-0.4, -0.2) is 26.3 Å². The molecule has 0 heterocycles. The summed E-state index contributed by atoms with van der Waals surface area (Å²) in [4.78, 5) is 12.1. The standard InChI is InChI=1S/C20H36O3Si/c1-10-20(9,23-19-17(8)11-12-18(19)21)13-22-24(14(2)3,15(4)5)16(6)7/h10,14-16H,1,11-13H2,2-9H3/t20-/m0/s1. The number of ether oxygens (including phenoxy) is 1. The summed E-state index contributed by atoms with van der Waals surface area (Å²) in [5, 5.41) is 0. The van der Waals surface area contributed by atoms with Crippen LogP contribution < -0.4 is 0 Å². The van der Waals surface area contributed by atoms with Gasteiger partial charge in [0.1, 0.15) is 5.60 Å². The fraction of sp³-hybridized carbons (Fsp3) is 0.750. The van der Waals surface area contributed by atoms with Gasteiger partial charge in [-0.15, -0.1) is 0 Å². The van der Waals surface area contributed by atoms with E-state index in [1.54, 1.807) is 6.08 Å². The smallest absolute Gasteiger partial charge is 0.200 e. The summed E-state index contributed by atoms with van der Waals surface area (Å²) < 4.78 is 12.8. The summed E-state index contributed by atoms with van der Waals surface area (Å²) in [7, 11) is -1.97. The summed E-state index contributed by atoms with van der Waals surface area (Å²) >= 11 is 0. The van der Waals surface area contributed by atoms with E-state index in [0.29, 0.717) is 35.4 Å². The Balaban J connectivity index is 2.99. The Morgan fingerprint density at radius 2 is 1.62 bits per heavy atom. The van der Waals surface area contributed by atoms with E-state index in [0.717, 1.165) is 12.0 Å². The molecule has 1 rings (SSSR count). The van der Waals surface area contributed by atoms with Crippen LogP contribution in [0.5, 0.6) is 0 Å². The van der Waals surface area contributed by atoms with E-state index in [-0.39, 0.29) is 5.78 Å². The maximum Gasteiger partial charge on any atom is 0.200 e. The lowest BCUT2D eigenvalue weighted by atomic mass is 10.1. The summed E-state index contributed by atoms with van der Waals surface area (Å²) in [5.74, 6) is 0.618. The molecule has 0 aromatic carbocycles. The predicted octanol–water partition coefficient (Wildman–Crippen LogP) is 5.78. The number of hydrogen-bond acceptors (Lipinski definition) is 3. The minimum Gasteiger partial charge on any atom is -0.477 e. The lowest BCUT2D eigenvalue weighted by molar-refractivity contribution is -0.120. The molecule has 24 heavy (non-hydrogen) atoms. The third-order valence-corrected chi connectivity index (χ3v) is 11.5. The quantitative estimate of drug-likeness (QED) is 0.390. The minimum atomic E-state index is -1.97. The first-order valence-corrected chi connectivity index (χ1v) is 11.3. The van der Waals surface area contributed by atoms with E-state index >= 15 is 0 Å². The normalized spacial score (nSPS) is 18.7. The Morgan fingerprint density at radius 1 is 1.12 bits per heavy atom. The van der Waals surface area contributed by atoms with E-state index in [1.165, 1.54) is 0 Å². The van der Waals surface area contributed by atoms with Gasteiger partial charge in [-0.25, -0.2) is 0 Å². The monoisotopic (exact) mass is 352 g/mol. The van der Waals surface area contributed by atoms with Crippen LogP contribution in [0.15, 0.2) is 24.0 Å². The molecule has 0 N–H and O–H groups in total. The maximum absolute atomic E-state index is 12.1. The second kappa shape index (κ2) is 8.00. The average Bonchev–Trinajstić information content (AvgIpc) is 2.78. The first-order chi connectivity index (χ1) is 11.0. The van der Waals surface area contributed by atoms with Gasteiger partial charge in [-0.1, -0.05) is 48.1 Å². The summed E-state index contributed by atoms with van der Waals surface area (Å²) in [5.41, 5.74) is 1.91. The molecule has 0 aromatic heterocycles. The van der Waals surface area contributed by atoms with E-state index in [4.69, 9.17) is 9.16 Å². The molecule has 0 spiro atoms. The molecular formula is C20H36O3Si. The molecule has 1 atom stereocenters. The highest BCUT2D eigenvalue weighted by molar-refractivity contribution is 6.77. The van der Waals surface area contributed by atoms with Gasteiger partial charge in [0, 0.05) is 6.42 Å². The Morgan fingerprint density at radius 3 is 1.96 bits per heavy atom. The molecule has 1 aliphatic rings. The van der Waals surface area contributed by atoms with Crippen LogP contribution >= 0.6 is 0 Å². The Labute approximate surface area is 149 Å². The zero-order chi connectivity index (χ0) is 18.7. The van der Waals surface area contributed by atoms with Gasteiger partial charge in [0.15, 0.2) is 11.5 Å². The van der Waals surface area contributed by atoms with Crippen molar-refractivity contribution in [3.05, 3.63) is 24.0 Å². The number of rotatable bonds is 9. The van der Waals surface area contributed by atoms with Crippen LogP contribution in [0.4, 0.5) is 0 Å². The molecule has 0 fully saturated rings. The van der Waals surface area contributed by atoms with Crippen molar-refractivity contribution in [1.29, 1.82) is 0 Å². The van der Waals surface area contributed by atoms with Crippen LogP contribution in [0.2, 0.25) is 16.6 Å². The fourth-order valence-electron chi connectivity index (χ4n) is 4.04. The maximum atomic E-state index is 12.1. The van der Waals surface area contributed by atoms with Crippen molar-refractivity contribution in [3.8, 4) is 0 Å². The second-order valence-corrected chi connectivity index (χ2v) is 13.7. The van der Waals surface area contributed by atoms with E-state index in [2.05, 4.69) is 48.1 Å². The van der Waals surface area contributed by atoms with Gasteiger partial charge in [0.05, 0.1) is 6.61 Å². The van der Waals surface area contributed by atoms with Gasteiger partial charge in [0.25, 0.3) is 0 Å². The van der Waals surface area contributed by atoms with Crippen molar-refractivity contribution >= 4 is 14.1 Å². The molecule has 3 nitrogen and oxygen atoms in total. The molecule has 0 aliphatic heterocycles. The van der Waals surface area contributed by atoms with E-state index < -0.39 is 13.9 Å². The van der Waals surface area contributed by atoms with Crippen molar-refractivity contribution in [1.82, 2.24) is 0 Å². The predicted molar refractivity (Wildman–Crippen MR) is 104 cm³/mol. The topological polar surface area (TPSA) is 35.5 Å². The van der Waals surface area contributed by atoms with Crippen LogP contribution in [0.3, 0.4) is 0 Å². The van der Waals surface area contributed by atoms with Crippen molar-refractivity contribution in [2.24, 2.45) is 0 Å². The molecule has 0 aromatic rings. The lowest BCUT2D eigenvalue weighted by Gasteiger charge is -2.44. The van der Waals surface area contributed by atoms with Gasteiger partial charge in [-0.3, -0.25) is 4.79 Å². The SMILES string of the molecule is C=C[C@@](C)(CO[Si](C(C)C)(C(C)C)C(C)C)OC1=C(C)CCC1=O. The van der Waals surface area contributed by atoms with Gasteiger partial charge in [-0.2, -0.15) is 0 Å². The molecule has 0 radical (unpaired) electrons. The molecule has 138 valence electrons. The zero-order valence-corrected chi connectivity index (χ0v) is 17.9. The number of hydrogen-bond donors (Lipinski definition) is 0. The van der Waals surface area contributed by atoms with Crippen LogP contribution in [0, 0.1) is 0 Å². The summed E-state index contributed by atoms with van der Waals surface area (Å²) in [6.45, 7) is 21.9. The molecular weight excluding hydrogens is 316 g/mol. The van der Waals surface area contributed by atoms with Crippen LogP contribution in [0.25, 0.3) is 0 Å². The highest BCUT2D eigenvalue weighted by Gasteiger charge is 2.46. The third-order valence-electron chi connectivity index (χ3n) is 5.45. The van der Waals surface area contributed by atoms with Crippen LogP contribution in [0.1, 0.15) is 68.2 Å². The fourth-order valence-corrected chi connectivity index (χ4v) is 9.58. The average molecular weight is 353 g/mol. The number of ketones is 1. The Hall–Kier alpha value is -0.873. The van der Waals surface area contributed by atoms with Gasteiger partial charge in [-0.05, 0) is 48.5 Å². The van der Waals surface area contributed by atoms with Crippen molar-refractivity contribution in [2.45, 2.75) is 90.5 Å². The van der Waals surface area contributed by atoms with E-state index in [9.17, 15) is 4.79 Å². The van der Waals surface area contributed by atoms with Gasteiger partial charge < -0.3 is 9.16 Å². The molecule has 4 heteroatoms. The van der Waals surface area contributed by atoms with E-state index in [1.807, 2.05) is 13.8 Å². The number of carbonyl (C=O) groups excluding carboxylic acids is 1. The minimum absolute atomic E-state index is 0.0978. The zero-order valence-electron chi connectivity index (χ0n) is 16.9. The highest BCUT2D eigenvalue weighted by Crippen LogP contribution is 2.43. The van der Waals surface area contributed by atoms with Crippen LogP contribution in [-0.2, 0) is 14.0 Å². The number of Topliss-reactive ketones (excluding diaryl/α,β-unsaturated/α-hetero) is 1. The third kappa shape index (κ3) is 4.20. The van der Waals surface area contributed by atoms with Crippen molar-refractivity contribution in [3.63, 3.8) is 0 Å². The number of allylic oxidation sites excluding steroid dienone is 2. The first-order valence-electron chi connectivity index (χ1n) is 9.19. The number of carbonyl (C=O) groups is 1. The lowest BCUT2D eigenvalue weighted by Crippen LogP contribution is -2.51. The van der Waals surface area contributed by atoms with Gasteiger partial charge in [0.2, 0.25) is 8.32 Å². The van der Waals surface area contributed by atoms with Gasteiger partial charge >= 0.3 is 0 Å². The second-order valence-electron chi connectivity index (χ2n) is 8.26. The Bertz CT molecular complexity index is 483. The molecule has 0 bridgehead atoms. The van der Waals surface area contributed by atoms with Crippen molar-refractivity contribution in [2.75, 3.05) is 6.61 Å². The molecule has 0 amide bonds. The molecule has 0 saturated heterocycles. The molecule has 1 aliphatic carbocycles. The Kier molecular flexibility index (Phi) is 7.06. The highest BCUT2D eigenvalue weighted by atomic mass is 28.4. The largest absolute Gasteiger partial charge is 0.477 e. The molecule has 0 unspecified atom stereocenters. The molecule has 0 saturated carbocycles. The summed E-state index contributed by atoms with van der Waals surface area (Å²) in [6, 6.07) is 0. The first kappa shape index (κ1) is 21.2. The summed E-state index contributed by atoms with van der Waals surface area (Å²) in [6.07, 6.45) is 3.13. The van der Waals surface area contributed by atoms with Crippen molar-refractivity contribution < 1.29 is 14.0 Å².